The molecular weight excluding hydrogens is 385 g/mol. The van der Waals surface area contributed by atoms with Crippen LogP contribution in [0.3, 0.4) is 0 Å². The minimum Gasteiger partial charge on any atom is -0.494 e. The number of nitrogens with one attached hydrogen (secondary N) is 1. The van der Waals surface area contributed by atoms with Crippen LogP contribution in [-0.2, 0) is 15.8 Å². The Balaban J connectivity index is 1.78. The number of carbonyl (C=O) groups excluding carboxylic acids is 2. The second-order valence-electron chi connectivity index (χ2n) is 6.61. The van der Waals surface area contributed by atoms with Crippen LogP contribution in [0.4, 0.5) is 18.9 Å². The van der Waals surface area contributed by atoms with Crippen LogP contribution in [0.5, 0.6) is 5.75 Å². The Morgan fingerprint density at radius 3 is 2.52 bits per heavy atom. The summed E-state index contributed by atoms with van der Waals surface area (Å²) in [5.74, 6) is -0.279. The molecule has 156 valence electrons. The first-order chi connectivity index (χ1) is 13.7. The van der Waals surface area contributed by atoms with Gasteiger partial charge >= 0.3 is 6.18 Å². The maximum Gasteiger partial charge on any atom is 0.418 e. The maximum absolute atomic E-state index is 13.0. The summed E-state index contributed by atoms with van der Waals surface area (Å²) in [4.78, 5) is 25.4. The molecule has 0 bridgehead atoms. The number of nitrogens with zero attached hydrogens (tertiary/aromatic N) is 1. The van der Waals surface area contributed by atoms with Crippen molar-refractivity contribution in [2.45, 2.75) is 25.9 Å². The molecule has 0 aromatic heterocycles. The van der Waals surface area contributed by atoms with Gasteiger partial charge in [-0.1, -0.05) is 24.3 Å². The van der Waals surface area contributed by atoms with E-state index in [1.54, 1.807) is 0 Å². The monoisotopic (exact) mass is 408 g/mol. The standard InChI is InChI=1S/C21H23F3N2O3/c1-15-7-5-8-16(13-15)29-12-6-11-20(28)26(2)14-19(27)25-18-10-4-3-9-17(18)21(22,23)24/h3-5,7-10,13H,6,11-12,14H2,1-2H3,(H,25,27). The summed E-state index contributed by atoms with van der Waals surface area (Å²) in [7, 11) is 1.43. The van der Waals surface area contributed by atoms with Crippen LogP contribution in [0.15, 0.2) is 48.5 Å². The third-order valence-corrected chi connectivity index (χ3v) is 4.11. The fraction of sp³-hybridized carbons (Fsp3) is 0.333. The van der Waals surface area contributed by atoms with Gasteiger partial charge in [-0.15, -0.1) is 0 Å². The highest BCUT2D eigenvalue weighted by atomic mass is 19.4. The number of anilines is 1. The Labute approximate surface area is 167 Å². The third kappa shape index (κ3) is 7.14. The predicted octanol–water partition coefficient (Wildman–Crippen LogP) is 4.27. The molecule has 0 heterocycles. The number of aryl methyl sites for hydroxylation is 1. The molecular formula is C21H23F3N2O3. The minimum absolute atomic E-state index is 0.161. The van der Waals surface area contributed by atoms with E-state index in [4.69, 9.17) is 4.74 Å². The van der Waals surface area contributed by atoms with Crippen molar-refractivity contribution in [3.8, 4) is 5.75 Å². The van der Waals surface area contributed by atoms with Crippen molar-refractivity contribution in [1.29, 1.82) is 0 Å². The van der Waals surface area contributed by atoms with Crippen molar-refractivity contribution in [2.75, 3.05) is 25.5 Å². The van der Waals surface area contributed by atoms with E-state index in [2.05, 4.69) is 5.32 Å². The molecule has 0 aliphatic rings. The molecule has 2 aromatic rings. The Morgan fingerprint density at radius 2 is 1.83 bits per heavy atom. The highest BCUT2D eigenvalue weighted by Gasteiger charge is 2.33. The highest BCUT2D eigenvalue weighted by Crippen LogP contribution is 2.34. The lowest BCUT2D eigenvalue weighted by Gasteiger charge is -2.18. The molecule has 2 aromatic carbocycles. The normalized spacial score (nSPS) is 11.1. The topological polar surface area (TPSA) is 58.6 Å². The number of hydrogen-bond donors (Lipinski definition) is 1. The van der Waals surface area contributed by atoms with E-state index in [9.17, 15) is 22.8 Å². The summed E-state index contributed by atoms with van der Waals surface area (Å²) in [5.41, 5.74) is -0.204. The third-order valence-electron chi connectivity index (χ3n) is 4.11. The van der Waals surface area contributed by atoms with Crippen LogP contribution in [-0.4, -0.2) is 36.9 Å². The first-order valence-corrected chi connectivity index (χ1v) is 9.06. The molecule has 0 saturated carbocycles. The summed E-state index contributed by atoms with van der Waals surface area (Å²) in [6.45, 7) is 1.95. The van der Waals surface area contributed by atoms with E-state index < -0.39 is 17.6 Å². The first kappa shape index (κ1) is 22.3. The number of rotatable bonds is 8. The second kappa shape index (κ2) is 9.95. The smallest absolute Gasteiger partial charge is 0.418 e. The summed E-state index contributed by atoms with van der Waals surface area (Å²) >= 11 is 0. The number of ether oxygens (including phenoxy) is 1. The zero-order valence-electron chi connectivity index (χ0n) is 16.3. The summed E-state index contributed by atoms with van der Waals surface area (Å²) in [6, 6.07) is 12.2. The molecule has 5 nitrogen and oxygen atoms in total. The average molecular weight is 408 g/mol. The van der Waals surface area contributed by atoms with Crippen molar-refractivity contribution < 1.29 is 27.5 Å². The van der Waals surface area contributed by atoms with Gasteiger partial charge in [0.2, 0.25) is 11.8 Å². The highest BCUT2D eigenvalue weighted by molar-refractivity contribution is 5.95. The quantitative estimate of drug-likeness (QED) is 0.664. The molecule has 0 radical (unpaired) electrons. The lowest BCUT2D eigenvalue weighted by atomic mass is 10.1. The van der Waals surface area contributed by atoms with Crippen LogP contribution >= 0.6 is 0 Å². The molecule has 0 unspecified atom stereocenters. The van der Waals surface area contributed by atoms with E-state index in [-0.39, 0.29) is 24.6 Å². The SMILES string of the molecule is Cc1cccc(OCCCC(=O)N(C)CC(=O)Nc2ccccc2C(F)(F)F)c1. The van der Waals surface area contributed by atoms with Gasteiger partial charge in [-0.2, -0.15) is 13.2 Å². The first-order valence-electron chi connectivity index (χ1n) is 9.06. The van der Waals surface area contributed by atoms with Gasteiger partial charge < -0.3 is 15.0 Å². The van der Waals surface area contributed by atoms with Crippen LogP contribution < -0.4 is 10.1 Å². The largest absolute Gasteiger partial charge is 0.494 e. The van der Waals surface area contributed by atoms with Gasteiger partial charge in [-0.25, -0.2) is 0 Å². The van der Waals surface area contributed by atoms with Crippen molar-refractivity contribution in [3.05, 3.63) is 59.7 Å². The summed E-state index contributed by atoms with van der Waals surface area (Å²) < 4.78 is 44.5. The Kier molecular flexibility index (Phi) is 7.64. The molecule has 0 atom stereocenters. The van der Waals surface area contributed by atoms with Gasteiger partial charge in [0.15, 0.2) is 0 Å². The van der Waals surface area contributed by atoms with Gasteiger partial charge in [0.25, 0.3) is 0 Å². The molecule has 8 heteroatoms. The molecule has 2 rings (SSSR count). The fourth-order valence-corrected chi connectivity index (χ4v) is 2.64. The van der Waals surface area contributed by atoms with Crippen LogP contribution in [0.25, 0.3) is 0 Å². The zero-order chi connectivity index (χ0) is 21.4. The van der Waals surface area contributed by atoms with E-state index in [1.807, 2.05) is 31.2 Å². The van der Waals surface area contributed by atoms with Crippen LogP contribution in [0.2, 0.25) is 0 Å². The number of likely N-dealkylation sites (N-methyl/N-ethyl adjacent to an activating group) is 1. The van der Waals surface area contributed by atoms with Gasteiger partial charge in [0, 0.05) is 13.5 Å². The molecule has 0 aliphatic carbocycles. The number of para-hydroxylation sites is 1. The zero-order valence-corrected chi connectivity index (χ0v) is 16.3. The van der Waals surface area contributed by atoms with Crippen LogP contribution in [0.1, 0.15) is 24.0 Å². The summed E-state index contributed by atoms with van der Waals surface area (Å²) in [6.07, 6.45) is -3.97. The molecule has 1 N–H and O–H groups in total. The number of carbonyl (C=O) groups is 2. The van der Waals surface area contributed by atoms with Gasteiger partial charge in [0.05, 0.1) is 24.4 Å². The van der Waals surface area contributed by atoms with Crippen molar-refractivity contribution >= 4 is 17.5 Å². The molecule has 0 spiro atoms. The van der Waals surface area contributed by atoms with Crippen molar-refractivity contribution in [1.82, 2.24) is 4.90 Å². The van der Waals surface area contributed by atoms with E-state index in [1.165, 1.54) is 30.1 Å². The number of halogens is 3. The fourth-order valence-electron chi connectivity index (χ4n) is 2.64. The van der Waals surface area contributed by atoms with Crippen molar-refractivity contribution in [2.24, 2.45) is 0 Å². The van der Waals surface area contributed by atoms with Gasteiger partial charge in [-0.3, -0.25) is 9.59 Å². The molecule has 29 heavy (non-hydrogen) atoms. The van der Waals surface area contributed by atoms with E-state index in [0.717, 1.165) is 11.6 Å². The molecule has 2 amide bonds. The number of hydrogen-bond acceptors (Lipinski definition) is 3. The number of alkyl halides is 3. The predicted molar refractivity (Wildman–Crippen MR) is 104 cm³/mol. The maximum atomic E-state index is 13.0. The Bertz CT molecular complexity index is 853. The average Bonchev–Trinajstić information content (AvgIpc) is 2.64. The molecule has 0 saturated heterocycles. The van der Waals surface area contributed by atoms with E-state index >= 15 is 0 Å². The number of benzene rings is 2. The molecule has 0 fully saturated rings. The van der Waals surface area contributed by atoms with Crippen LogP contribution in [0, 0.1) is 6.92 Å². The van der Waals surface area contributed by atoms with Gasteiger partial charge in [0.1, 0.15) is 5.75 Å². The van der Waals surface area contributed by atoms with Crippen molar-refractivity contribution in [3.63, 3.8) is 0 Å². The summed E-state index contributed by atoms with van der Waals surface area (Å²) in [5, 5.41) is 2.22. The number of amides is 2. The molecule has 0 aliphatic heterocycles. The Hall–Kier alpha value is -3.03. The Morgan fingerprint density at radius 1 is 1.10 bits per heavy atom. The van der Waals surface area contributed by atoms with Gasteiger partial charge in [-0.05, 0) is 43.2 Å². The van der Waals surface area contributed by atoms with E-state index in [0.29, 0.717) is 18.8 Å². The lowest BCUT2D eigenvalue weighted by molar-refractivity contribution is -0.137. The lowest BCUT2D eigenvalue weighted by Crippen LogP contribution is -2.35. The second-order valence-corrected chi connectivity index (χ2v) is 6.61. The minimum atomic E-state index is -4.58.